The van der Waals surface area contributed by atoms with Gasteiger partial charge in [-0.1, -0.05) is 0 Å². The van der Waals surface area contributed by atoms with E-state index in [2.05, 4.69) is 0 Å². The summed E-state index contributed by atoms with van der Waals surface area (Å²) in [7, 11) is 1.54. The second-order valence-electron chi connectivity index (χ2n) is 4.71. The molecule has 19 heavy (non-hydrogen) atoms. The van der Waals surface area contributed by atoms with Crippen molar-refractivity contribution in [1.82, 2.24) is 5.06 Å². The molecule has 1 saturated heterocycles. The zero-order chi connectivity index (χ0) is 13.8. The third kappa shape index (κ3) is 3.48. The molecule has 2 rings (SSSR count). The van der Waals surface area contributed by atoms with Crippen molar-refractivity contribution in [3.8, 4) is 0 Å². The maximum absolute atomic E-state index is 11.4. The Bertz CT molecular complexity index is 371. The van der Waals surface area contributed by atoms with E-state index < -0.39 is 6.48 Å². The monoisotopic (exact) mass is 270 g/mol. The third-order valence-electron chi connectivity index (χ3n) is 3.33. The van der Waals surface area contributed by atoms with Crippen molar-refractivity contribution in [2.75, 3.05) is 33.5 Å². The van der Waals surface area contributed by atoms with Gasteiger partial charge in [0.15, 0.2) is 0 Å². The van der Waals surface area contributed by atoms with Gasteiger partial charge in [-0.15, -0.1) is 0 Å². The van der Waals surface area contributed by atoms with Crippen molar-refractivity contribution < 1.29 is 18.9 Å². The van der Waals surface area contributed by atoms with E-state index in [4.69, 9.17) is 18.9 Å². The van der Waals surface area contributed by atoms with Crippen LogP contribution in [0.15, 0.2) is 23.1 Å². The van der Waals surface area contributed by atoms with Gasteiger partial charge in [-0.05, 0) is 19.9 Å². The topological polar surface area (TPSA) is 63.2 Å². The molecule has 0 saturated carbocycles. The molecule has 0 radical (unpaired) electrons. The minimum atomic E-state index is -0.567. The number of hydrogen-bond donors (Lipinski definition) is 0. The lowest BCUT2D eigenvalue weighted by molar-refractivity contribution is -0.315. The average molecular weight is 270 g/mol. The molecular weight excluding hydrogens is 250 g/mol. The van der Waals surface area contributed by atoms with Crippen molar-refractivity contribution in [3.63, 3.8) is 0 Å². The first kappa shape index (κ1) is 14.3. The van der Waals surface area contributed by atoms with E-state index in [1.165, 1.54) is 0 Å². The molecule has 0 atom stereocenters. The number of nitrogens with zero attached hydrogens (tertiary/aromatic N) is 1. The Morgan fingerprint density at radius 3 is 2.68 bits per heavy atom. The molecule has 0 bridgehead atoms. The number of rotatable bonds is 4. The van der Waals surface area contributed by atoms with Gasteiger partial charge in [0.25, 0.3) is 6.48 Å². The number of hydrogen-bond acceptors (Lipinski definition) is 6. The molecule has 2 aliphatic heterocycles. The van der Waals surface area contributed by atoms with Gasteiger partial charge in [0.2, 0.25) is 0 Å². The van der Waals surface area contributed by atoms with Crippen molar-refractivity contribution >= 4 is 0 Å². The van der Waals surface area contributed by atoms with Gasteiger partial charge in [-0.25, -0.2) is 0 Å². The van der Waals surface area contributed by atoms with Crippen molar-refractivity contribution in [2.24, 2.45) is 5.92 Å². The Morgan fingerprint density at radius 1 is 1.37 bits per heavy atom. The molecule has 0 N–H and O–H groups in total. The van der Waals surface area contributed by atoms with Gasteiger partial charge in [-0.3, -0.25) is 0 Å². The molecule has 0 aromatic rings. The minimum absolute atomic E-state index is 0.172. The summed E-state index contributed by atoms with van der Waals surface area (Å²) in [6.45, 7) is 5.05. The Kier molecular flexibility index (Phi) is 4.81. The second kappa shape index (κ2) is 6.38. The van der Waals surface area contributed by atoms with Gasteiger partial charge in [0.1, 0.15) is 5.76 Å². The Balaban J connectivity index is 1.81. The molecule has 6 nitrogen and oxygen atoms in total. The van der Waals surface area contributed by atoms with Crippen LogP contribution in [0.1, 0.15) is 13.8 Å². The van der Waals surface area contributed by atoms with Crippen LogP contribution in [0.25, 0.3) is 0 Å². The van der Waals surface area contributed by atoms with Crippen molar-refractivity contribution in [1.29, 1.82) is 0 Å². The highest BCUT2D eigenvalue weighted by molar-refractivity contribution is 5.32. The summed E-state index contributed by atoms with van der Waals surface area (Å²) in [5, 5.41) is 12.4. The summed E-state index contributed by atoms with van der Waals surface area (Å²) in [4.78, 5) is 0. The summed E-state index contributed by atoms with van der Waals surface area (Å²) in [6.07, 6.45) is 1.80. The predicted octanol–water partition coefficient (Wildman–Crippen LogP) is 1.59. The predicted molar refractivity (Wildman–Crippen MR) is 68.7 cm³/mol. The fourth-order valence-electron chi connectivity index (χ4n) is 1.95. The second-order valence-corrected chi connectivity index (χ2v) is 4.71. The summed E-state index contributed by atoms with van der Waals surface area (Å²) >= 11 is 0. The normalized spacial score (nSPS) is 28.4. The first-order chi connectivity index (χ1) is 9.11. The quantitative estimate of drug-likeness (QED) is 0.773. The average Bonchev–Trinajstić information content (AvgIpc) is 2.45. The molecule has 1 fully saturated rings. The van der Waals surface area contributed by atoms with Crippen molar-refractivity contribution in [3.05, 3.63) is 28.3 Å². The molecule has 0 unspecified atom stereocenters. The molecule has 0 aliphatic carbocycles. The van der Waals surface area contributed by atoms with Crippen LogP contribution >= 0.6 is 0 Å². The van der Waals surface area contributed by atoms with Crippen molar-refractivity contribution in [2.45, 2.75) is 20.3 Å². The minimum Gasteiger partial charge on any atom is -0.758 e. The lowest BCUT2D eigenvalue weighted by Crippen LogP contribution is -2.35. The first-order valence-electron chi connectivity index (χ1n) is 6.33. The molecule has 0 amide bonds. The number of allylic oxidation sites excluding steroid dienone is 2. The fourth-order valence-corrected chi connectivity index (χ4v) is 1.95. The molecule has 2 heterocycles. The van der Waals surface area contributed by atoms with Gasteiger partial charge >= 0.3 is 0 Å². The first-order valence-corrected chi connectivity index (χ1v) is 6.33. The highest BCUT2D eigenvalue weighted by Gasteiger charge is 2.23. The summed E-state index contributed by atoms with van der Waals surface area (Å²) in [6, 6.07) is 0. The molecule has 0 spiro atoms. The molecule has 108 valence electrons. The maximum atomic E-state index is 11.4. The molecule has 6 heteroatoms. The largest absolute Gasteiger partial charge is 0.758 e. The summed E-state index contributed by atoms with van der Waals surface area (Å²) < 4.78 is 21.4. The number of hydroxylamine groups is 2. The van der Waals surface area contributed by atoms with E-state index in [-0.39, 0.29) is 5.92 Å². The summed E-state index contributed by atoms with van der Waals surface area (Å²) in [5.41, 5.74) is 1.58. The van der Waals surface area contributed by atoms with Crippen LogP contribution in [-0.2, 0) is 18.9 Å². The smallest absolute Gasteiger partial charge is 0.271 e. The Morgan fingerprint density at radius 2 is 2.05 bits per heavy atom. The van der Waals surface area contributed by atoms with Crippen LogP contribution in [-0.4, -0.2) is 45.0 Å². The SMILES string of the molecule is COC1OCC(COC2=CCN([O-])C(C)=C2C)CO1. The van der Waals surface area contributed by atoms with Crippen LogP contribution in [0, 0.1) is 11.1 Å². The lowest BCUT2D eigenvalue weighted by Gasteiger charge is -2.36. The molecule has 0 aromatic carbocycles. The van der Waals surface area contributed by atoms with Crippen LogP contribution in [0.3, 0.4) is 0 Å². The zero-order valence-corrected chi connectivity index (χ0v) is 11.5. The number of ether oxygens (including phenoxy) is 4. The Labute approximate surface area is 113 Å². The van der Waals surface area contributed by atoms with Gasteiger partial charge < -0.3 is 29.2 Å². The number of methoxy groups -OCH3 is 1. The lowest BCUT2D eigenvalue weighted by atomic mass is 10.1. The van der Waals surface area contributed by atoms with Crippen LogP contribution in [0.4, 0.5) is 0 Å². The Hall–Kier alpha value is -1.08. The highest BCUT2D eigenvalue weighted by atomic mass is 16.8. The van der Waals surface area contributed by atoms with Crippen LogP contribution < -0.4 is 0 Å². The molecule has 2 aliphatic rings. The van der Waals surface area contributed by atoms with E-state index in [9.17, 15) is 5.21 Å². The van der Waals surface area contributed by atoms with E-state index in [1.807, 2.05) is 6.92 Å². The van der Waals surface area contributed by atoms with Crippen LogP contribution in [0.5, 0.6) is 0 Å². The highest BCUT2D eigenvalue weighted by Crippen LogP contribution is 2.24. The fraction of sp³-hybridized carbons (Fsp3) is 0.692. The zero-order valence-electron chi connectivity index (χ0n) is 11.5. The van der Waals surface area contributed by atoms with Crippen LogP contribution in [0.2, 0.25) is 0 Å². The molecular formula is C13H20NO5-. The third-order valence-corrected chi connectivity index (χ3v) is 3.33. The standard InChI is InChI=1S/C13H20NO5/c1-9-10(2)14(15)5-4-12(9)17-6-11-7-18-13(16-3)19-8-11/h4,11,13H,5-8H2,1-3H3/q-1. The maximum Gasteiger partial charge on any atom is 0.271 e. The van der Waals surface area contributed by atoms with Gasteiger partial charge in [0.05, 0.1) is 19.8 Å². The van der Waals surface area contributed by atoms with Gasteiger partial charge in [0, 0.05) is 30.8 Å². The van der Waals surface area contributed by atoms with E-state index in [0.29, 0.717) is 32.1 Å². The summed E-state index contributed by atoms with van der Waals surface area (Å²) in [5.74, 6) is 0.948. The van der Waals surface area contributed by atoms with E-state index >= 15 is 0 Å². The van der Waals surface area contributed by atoms with E-state index in [1.54, 1.807) is 20.1 Å². The van der Waals surface area contributed by atoms with E-state index in [0.717, 1.165) is 16.4 Å². The van der Waals surface area contributed by atoms with Gasteiger partial charge in [-0.2, -0.15) is 0 Å². The molecule has 0 aromatic heterocycles.